The Morgan fingerprint density at radius 1 is 0.621 bits per heavy atom. The molecule has 0 aliphatic heterocycles. The summed E-state index contributed by atoms with van der Waals surface area (Å²) in [5.41, 5.74) is 12.8. The van der Waals surface area contributed by atoms with Gasteiger partial charge in [-0.05, 0) is 46.5 Å². The van der Waals surface area contributed by atoms with Gasteiger partial charge in [0.05, 0.1) is 5.69 Å². The number of hydrogen-bond acceptors (Lipinski definition) is 1. The Hall–Kier alpha value is -3.85. The lowest BCUT2D eigenvalue weighted by atomic mass is 10.1. The molecule has 2 N–H and O–H groups in total. The molecular weight excluding hydrogens is 354 g/mol. The monoisotopic (exact) mass is 377 g/mol. The van der Waals surface area contributed by atoms with Gasteiger partial charge in [-0.3, -0.25) is 0 Å². The minimum atomic E-state index is 0.445. The fourth-order valence-corrected chi connectivity index (χ4v) is 3.25. The Kier molecular flexibility index (Phi) is 5.39. The first-order valence-corrected chi connectivity index (χ1v) is 9.59. The van der Waals surface area contributed by atoms with Gasteiger partial charge in [-0.25, -0.2) is 4.99 Å². The molecular formula is C26H23N3. The molecule has 0 saturated carbocycles. The van der Waals surface area contributed by atoms with E-state index in [0.717, 1.165) is 28.1 Å². The van der Waals surface area contributed by atoms with Crippen LogP contribution in [0, 0.1) is 0 Å². The molecule has 4 aromatic rings. The Labute approximate surface area is 171 Å². The molecule has 0 saturated heterocycles. The molecule has 0 fully saturated rings. The first-order chi connectivity index (χ1) is 14.2. The fourth-order valence-electron chi connectivity index (χ4n) is 3.25. The zero-order valence-electron chi connectivity index (χ0n) is 16.4. The van der Waals surface area contributed by atoms with E-state index in [9.17, 15) is 0 Å². The van der Waals surface area contributed by atoms with Gasteiger partial charge in [-0.2, -0.15) is 0 Å². The second-order valence-electron chi connectivity index (χ2n) is 6.86. The third-order valence-electron chi connectivity index (χ3n) is 4.88. The topological polar surface area (TPSA) is 41.6 Å². The smallest absolute Gasteiger partial charge is 0.200 e. The van der Waals surface area contributed by atoms with Gasteiger partial charge in [-0.15, -0.1) is 0 Å². The average Bonchev–Trinajstić information content (AvgIpc) is 2.80. The molecule has 0 atom stereocenters. The van der Waals surface area contributed by atoms with Crippen molar-refractivity contribution in [1.29, 1.82) is 0 Å². The van der Waals surface area contributed by atoms with Crippen molar-refractivity contribution in [2.75, 3.05) is 11.9 Å². The normalized spacial score (nSPS) is 11.3. The number of benzene rings is 4. The lowest BCUT2D eigenvalue weighted by Crippen LogP contribution is -2.33. The van der Waals surface area contributed by atoms with E-state index in [0.29, 0.717) is 5.96 Å². The first kappa shape index (κ1) is 18.5. The van der Waals surface area contributed by atoms with Crippen LogP contribution in [0.4, 0.5) is 11.4 Å². The molecule has 142 valence electrons. The summed E-state index contributed by atoms with van der Waals surface area (Å²) in [6.07, 6.45) is 0. The predicted molar refractivity (Wildman–Crippen MR) is 123 cm³/mol. The zero-order valence-corrected chi connectivity index (χ0v) is 16.4. The highest BCUT2D eigenvalue weighted by Gasteiger charge is 2.08. The van der Waals surface area contributed by atoms with Crippen molar-refractivity contribution in [3.05, 3.63) is 109 Å². The van der Waals surface area contributed by atoms with Gasteiger partial charge in [-0.1, -0.05) is 84.9 Å². The number of guanidine groups is 1. The Bertz CT molecular complexity index is 1120. The van der Waals surface area contributed by atoms with Crippen LogP contribution in [0.1, 0.15) is 0 Å². The molecule has 0 radical (unpaired) electrons. The molecule has 0 unspecified atom stereocenters. The highest BCUT2D eigenvalue weighted by atomic mass is 15.2. The molecule has 4 rings (SSSR count). The minimum absolute atomic E-state index is 0.445. The quantitative estimate of drug-likeness (QED) is 0.345. The van der Waals surface area contributed by atoms with Crippen LogP contribution in [0.5, 0.6) is 0 Å². The van der Waals surface area contributed by atoms with Crippen LogP contribution in [0.3, 0.4) is 0 Å². The van der Waals surface area contributed by atoms with E-state index < -0.39 is 0 Å². The number of rotatable bonds is 4. The van der Waals surface area contributed by atoms with E-state index >= 15 is 0 Å². The molecule has 3 nitrogen and oxygen atoms in total. The van der Waals surface area contributed by atoms with E-state index in [-0.39, 0.29) is 0 Å². The lowest BCUT2D eigenvalue weighted by Gasteiger charge is -2.19. The van der Waals surface area contributed by atoms with Crippen LogP contribution in [-0.4, -0.2) is 13.0 Å². The summed E-state index contributed by atoms with van der Waals surface area (Å²) >= 11 is 0. The number of nitrogens with zero attached hydrogens (tertiary/aromatic N) is 2. The molecule has 0 amide bonds. The second kappa shape index (κ2) is 8.44. The summed E-state index contributed by atoms with van der Waals surface area (Å²) < 4.78 is 0. The predicted octanol–water partition coefficient (Wildman–Crippen LogP) is 6.10. The number of nitrogens with two attached hydrogens (primary N) is 1. The molecule has 0 aromatic heterocycles. The maximum Gasteiger partial charge on any atom is 0.200 e. The molecule has 0 aliphatic carbocycles. The summed E-state index contributed by atoms with van der Waals surface area (Å²) in [5, 5.41) is 0. The maximum absolute atomic E-state index is 6.33. The van der Waals surface area contributed by atoms with E-state index in [2.05, 4.69) is 53.5 Å². The standard InChI is InChI=1S/C26H23N3/c1-29(25-17-9-15-23(19-25)21-12-6-3-7-13-21)26(27)28-24-16-8-14-22(18-24)20-10-4-2-5-11-20/h2-19H,1H3,(H2,27,28). The molecule has 4 aromatic carbocycles. The van der Waals surface area contributed by atoms with E-state index in [4.69, 9.17) is 5.73 Å². The van der Waals surface area contributed by atoms with Gasteiger partial charge in [0.15, 0.2) is 0 Å². The van der Waals surface area contributed by atoms with Crippen molar-refractivity contribution < 1.29 is 0 Å². The third-order valence-corrected chi connectivity index (χ3v) is 4.88. The van der Waals surface area contributed by atoms with Gasteiger partial charge >= 0.3 is 0 Å². The van der Waals surface area contributed by atoms with E-state index in [1.165, 1.54) is 5.56 Å². The molecule has 3 heteroatoms. The highest BCUT2D eigenvalue weighted by Crippen LogP contribution is 2.26. The fraction of sp³-hybridized carbons (Fsp3) is 0.0385. The minimum Gasteiger partial charge on any atom is -0.369 e. The van der Waals surface area contributed by atoms with E-state index in [1.807, 2.05) is 72.6 Å². The van der Waals surface area contributed by atoms with Crippen LogP contribution in [0.15, 0.2) is 114 Å². The van der Waals surface area contributed by atoms with Crippen molar-refractivity contribution >= 4 is 17.3 Å². The lowest BCUT2D eigenvalue weighted by molar-refractivity contribution is 1.22. The summed E-state index contributed by atoms with van der Waals surface area (Å²) in [5.74, 6) is 0.445. The number of anilines is 1. The van der Waals surface area contributed by atoms with Crippen molar-refractivity contribution in [3.63, 3.8) is 0 Å². The molecule has 0 spiro atoms. The van der Waals surface area contributed by atoms with Crippen molar-refractivity contribution in [2.45, 2.75) is 0 Å². The van der Waals surface area contributed by atoms with Crippen LogP contribution in [0.25, 0.3) is 22.3 Å². The van der Waals surface area contributed by atoms with Crippen LogP contribution >= 0.6 is 0 Å². The molecule has 0 heterocycles. The molecule has 29 heavy (non-hydrogen) atoms. The SMILES string of the molecule is CN(C(N)=Nc1cccc(-c2ccccc2)c1)c1cccc(-c2ccccc2)c1. The largest absolute Gasteiger partial charge is 0.369 e. The van der Waals surface area contributed by atoms with Crippen molar-refractivity contribution in [3.8, 4) is 22.3 Å². The number of hydrogen-bond donors (Lipinski definition) is 1. The Balaban J connectivity index is 1.60. The number of aliphatic imine (C=N–C) groups is 1. The maximum atomic E-state index is 6.33. The van der Waals surface area contributed by atoms with Gasteiger partial charge < -0.3 is 10.6 Å². The average molecular weight is 377 g/mol. The van der Waals surface area contributed by atoms with Gasteiger partial charge in [0, 0.05) is 12.7 Å². The molecule has 0 bridgehead atoms. The van der Waals surface area contributed by atoms with Gasteiger partial charge in [0.1, 0.15) is 0 Å². The molecule has 0 aliphatic rings. The zero-order chi connectivity index (χ0) is 20.1. The first-order valence-electron chi connectivity index (χ1n) is 9.59. The third kappa shape index (κ3) is 4.36. The van der Waals surface area contributed by atoms with Crippen LogP contribution in [0.2, 0.25) is 0 Å². The summed E-state index contributed by atoms with van der Waals surface area (Å²) in [7, 11) is 1.93. The Morgan fingerprint density at radius 3 is 1.76 bits per heavy atom. The Morgan fingerprint density at radius 2 is 1.14 bits per heavy atom. The summed E-state index contributed by atoms with van der Waals surface area (Å²) in [6, 6.07) is 37.0. The van der Waals surface area contributed by atoms with E-state index in [1.54, 1.807) is 0 Å². The van der Waals surface area contributed by atoms with Gasteiger partial charge in [0.2, 0.25) is 5.96 Å². The van der Waals surface area contributed by atoms with Crippen molar-refractivity contribution in [2.24, 2.45) is 10.7 Å². The van der Waals surface area contributed by atoms with Crippen LogP contribution in [-0.2, 0) is 0 Å². The van der Waals surface area contributed by atoms with Gasteiger partial charge in [0.25, 0.3) is 0 Å². The summed E-state index contributed by atoms with van der Waals surface area (Å²) in [6.45, 7) is 0. The van der Waals surface area contributed by atoms with Crippen molar-refractivity contribution in [1.82, 2.24) is 0 Å². The summed E-state index contributed by atoms with van der Waals surface area (Å²) in [4.78, 5) is 6.55. The van der Waals surface area contributed by atoms with Crippen LogP contribution < -0.4 is 10.6 Å². The second-order valence-corrected chi connectivity index (χ2v) is 6.86. The highest BCUT2D eigenvalue weighted by molar-refractivity contribution is 5.96.